The molecule has 0 radical (unpaired) electrons. The van der Waals surface area contributed by atoms with Crippen LogP contribution in [-0.2, 0) is 6.54 Å². The topological polar surface area (TPSA) is 32.3 Å². The van der Waals surface area contributed by atoms with Crippen LogP contribution in [0.3, 0.4) is 0 Å². The van der Waals surface area contributed by atoms with Gasteiger partial charge in [0.1, 0.15) is 0 Å². The van der Waals surface area contributed by atoms with E-state index in [9.17, 15) is 0 Å². The first-order valence-electron chi connectivity index (χ1n) is 5.86. The molecule has 0 amide bonds. The Morgan fingerprint density at radius 3 is 2.60 bits per heavy atom. The molecule has 0 atom stereocenters. The monoisotopic (exact) mass is 205 g/mol. The Morgan fingerprint density at radius 1 is 1.13 bits per heavy atom. The lowest BCUT2D eigenvalue weighted by Crippen LogP contribution is -2.12. The Balaban J connectivity index is 2.17. The van der Waals surface area contributed by atoms with E-state index >= 15 is 0 Å². The lowest BCUT2D eigenvalue weighted by Gasteiger charge is -2.24. The van der Waals surface area contributed by atoms with Gasteiger partial charge in [-0.25, -0.2) is 5.48 Å². The highest BCUT2D eigenvalue weighted by atomic mass is 16.5. The van der Waals surface area contributed by atoms with Gasteiger partial charge >= 0.3 is 0 Å². The van der Waals surface area contributed by atoms with Crippen molar-refractivity contribution >= 4 is 0 Å². The summed E-state index contributed by atoms with van der Waals surface area (Å²) in [6.45, 7) is 0.562. The van der Waals surface area contributed by atoms with Crippen molar-refractivity contribution in [1.29, 1.82) is 0 Å². The van der Waals surface area contributed by atoms with Crippen molar-refractivity contribution in [2.45, 2.75) is 44.6 Å². The molecule has 1 aromatic rings. The maximum Gasteiger partial charge on any atom is 0.0460 e. The first-order valence-corrected chi connectivity index (χ1v) is 5.86. The van der Waals surface area contributed by atoms with Crippen molar-refractivity contribution in [2.75, 3.05) is 0 Å². The third-order valence-electron chi connectivity index (χ3n) is 3.37. The van der Waals surface area contributed by atoms with E-state index in [-0.39, 0.29) is 0 Å². The van der Waals surface area contributed by atoms with Gasteiger partial charge in [0, 0.05) is 6.54 Å². The van der Waals surface area contributed by atoms with Crippen LogP contribution < -0.4 is 5.48 Å². The zero-order valence-corrected chi connectivity index (χ0v) is 9.08. The van der Waals surface area contributed by atoms with Gasteiger partial charge in [-0.3, -0.25) is 0 Å². The minimum atomic E-state index is 0.562. The Labute approximate surface area is 91.3 Å². The molecule has 1 aromatic carbocycles. The van der Waals surface area contributed by atoms with Crippen molar-refractivity contribution in [3.05, 3.63) is 35.4 Å². The molecule has 1 aliphatic carbocycles. The molecule has 0 aliphatic heterocycles. The number of nitrogens with one attached hydrogen (secondary N) is 1. The van der Waals surface area contributed by atoms with Gasteiger partial charge in [-0.1, -0.05) is 43.5 Å². The molecule has 0 aromatic heterocycles. The zero-order chi connectivity index (χ0) is 10.5. The summed E-state index contributed by atoms with van der Waals surface area (Å²) >= 11 is 0. The van der Waals surface area contributed by atoms with E-state index in [1.165, 1.54) is 43.2 Å². The van der Waals surface area contributed by atoms with Crippen LogP contribution in [0.15, 0.2) is 24.3 Å². The molecule has 0 spiro atoms. The molecule has 82 valence electrons. The second kappa shape index (κ2) is 5.29. The van der Waals surface area contributed by atoms with Crippen LogP contribution in [0.1, 0.15) is 49.1 Å². The van der Waals surface area contributed by atoms with Crippen LogP contribution in [0, 0.1) is 0 Å². The standard InChI is InChI=1S/C13H19NO/c15-14-10-12-8-4-5-9-13(12)11-6-2-1-3-7-11/h4-5,8-9,11,14-15H,1-3,6-7,10H2. The van der Waals surface area contributed by atoms with E-state index in [0.717, 1.165) is 0 Å². The van der Waals surface area contributed by atoms with E-state index in [0.29, 0.717) is 12.5 Å². The predicted octanol–water partition coefficient (Wildman–Crippen LogP) is 3.21. The summed E-state index contributed by atoms with van der Waals surface area (Å²) in [7, 11) is 0. The average Bonchev–Trinajstić information content (AvgIpc) is 2.31. The molecule has 1 aliphatic rings. The lowest BCUT2D eigenvalue weighted by atomic mass is 9.82. The molecular formula is C13H19NO. The van der Waals surface area contributed by atoms with Crippen LogP contribution in [0.4, 0.5) is 0 Å². The Hall–Kier alpha value is -0.860. The summed E-state index contributed by atoms with van der Waals surface area (Å²) in [5.41, 5.74) is 4.94. The van der Waals surface area contributed by atoms with Crippen molar-refractivity contribution in [1.82, 2.24) is 5.48 Å². The van der Waals surface area contributed by atoms with Gasteiger partial charge in [0.15, 0.2) is 0 Å². The first-order chi connectivity index (χ1) is 7.42. The van der Waals surface area contributed by atoms with Gasteiger partial charge in [-0.05, 0) is 29.9 Å². The SMILES string of the molecule is ONCc1ccccc1C1CCCCC1. The largest absolute Gasteiger partial charge is 0.316 e. The van der Waals surface area contributed by atoms with Crippen LogP contribution in [0.2, 0.25) is 0 Å². The van der Waals surface area contributed by atoms with E-state index in [1.54, 1.807) is 0 Å². The van der Waals surface area contributed by atoms with Gasteiger partial charge in [-0.15, -0.1) is 0 Å². The summed E-state index contributed by atoms with van der Waals surface area (Å²) in [6.07, 6.45) is 6.71. The number of hydrogen-bond acceptors (Lipinski definition) is 2. The van der Waals surface area contributed by atoms with Crippen LogP contribution in [-0.4, -0.2) is 5.21 Å². The number of hydroxylamine groups is 1. The summed E-state index contributed by atoms with van der Waals surface area (Å²) in [4.78, 5) is 0. The smallest absolute Gasteiger partial charge is 0.0460 e. The van der Waals surface area contributed by atoms with E-state index in [4.69, 9.17) is 5.21 Å². The van der Waals surface area contributed by atoms with E-state index < -0.39 is 0 Å². The molecule has 2 N–H and O–H groups in total. The summed E-state index contributed by atoms with van der Waals surface area (Å²) in [5, 5.41) is 8.79. The molecule has 15 heavy (non-hydrogen) atoms. The van der Waals surface area contributed by atoms with E-state index in [2.05, 4.69) is 23.7 Å². The number of hydrogen-bond donors (Lipinski definition) is 2. The van der Waals surface area contributed by atoms with Gasteiger partial charge in [-0.2, -0.15) is 0 Å². The molecule has 1 saturated carbocycles. The third-order valence-corrected chi connectivity index (χ3v) is 3.37. The van der Waals surface area contributed by atoms with Crippen molar-refractivity contribution < 1.29 is 5.21 Å². The fraction of sp³-hybridized carbons (Fsp3) is 0.538. The molecule has 0 bridgehead atoms. The molecule has 0 saturated heterocycles. The normalized spacial score (nSPS) is 17.9. The zero-order valence-electron chi connectivity index (χ0n) is 9.08. The molecule has 0 unspecified atom stereocenters. The van der Waals surface area contributed by atoms with Gasteiger partial charge in [0.2, 0.25) is 0 Å². The summed E-state index contributed by atoms with van der Waals surface area (Å²) < 4.78 is 0. The summed E-state index contributed by atoms with van der Waals surface area (Å²) in [6, 6.07) is 8.46. The van der Waals surface area contributed by atoms with Crippen molar-refractivity contribution in [3.8, 4) is 0 Å². The number of rotatable bonds is 3. The van der Waals surface area contributed by atoms with Crippen molar-refractivity contribution in [2.24, 2.45) is 0 Å². The van der Waals surface area contributed by atoms with Crippen molar-refractivity contribution in [3.63, 3.8) is 0 Å². The minimum Gasteiger partial charge on any atom is -0.316 e. The molecule has 2 rings (SSSR count). The fourth-order valence-corrected chi connectivity index (χ4v) is 2.59. The molecule has 1 fully saturated rings. The highest BCUT2D eigenvalue weighted by molar-refractivity contribution is 5.30. The highest BCUT2D eigenvalue weighted by Gasteiger charge is 2.17. The maximum absolute atomic E-state index is 8.79. The van der Waals surface area contributed by atoms with Crippen LogP contribution in [0.5, 0.6) is 0 Å². The summed E-state index contributed by atoms with van der Waals surface area (Å²) in [5.74, 6) is 0.711. The average molecular weight is 205 g/mol. The predicted molar refractivity (Wildman–Crippen MR) is 60.9 cm³/mol. The van der Waals surface area contributed by atoms with Gasteiger partial charge in [0.25, 0.3) is 0 Å². The highest BCUT2D eigenvalue weighted by Crippen LogP contribution is 2.34. The maximum atomic E-state index is 8.79. The minimum absolute atomic E-state index is 0.562. The third kappa shape index (κ3) is 2.58. The molecule has 2 nitrogen and oxygen atoms in total. The second-order valence-corrected chi connectivity index (χ2v) is 4.37. The Kier molecular flexibility index (Phi) is 3.75. The molecule has 0 heterocycles. The van der Waals surface area contributed by atoms with Crippen LogP contribution in [0.25, 0.3) is 0 Å². The second-order valence-electron chi connectivity index (χ2n) is 4.37. The first kappa shape index (κ1) is 10.7. The van der Waals surface area contributed by atoms with Crippen LogP contribution >= 0.6 is 0 Å². The Bertz CT molecular complexity index is 305. The molecule has 2 heteroatoms. The van der Waals surface area contributed by atoms with Gasteiger partial charge in [0.05, 0.1) is 0 Å². The van der Waals surface area contributed by atoms with Gasteiger partial charge < -0.3 is 5.21 Å². The Morgan fingerprint density at radius 2 is 1.87 bits per heavy atom. The van der Waals surface area contributed by atoms with E-state index in [1.807, 2.05) is 6.07 Å². The fourth-order valence-electron chi connectivity index (χ4n) is 2.59. The lowest BCUT2D eigenvalue weighted by molar-refractivity contribution is 0.160. The quantitative estimate of drug-likeness (QED) is 0.743. The number of benzene rings is 1. The molecular weight excluding hydrogens is 186 g/mol.